The van der Waals surface area contributed by atoms with Crippen LogP contribution in [0.4, 0.5) is 5.13 Å². The van der Waals surface area contributed by atoms with E-state index in [1.54, 1.807) is 20.8 Å². The first-order chi connectivity index (χ1) is 8.67. The van der Waals surface area contributed by atoms with Gasteiger partial charge in [0.15, 0.2) is 5.13 Å². The summed E-state index contributed by atoms with van der Waals surface area (Å²) in [5.41, 5.74) is 0.393. The lowest BCUT2D eigenvalue weighted by Crippen LogP contribution is -2.24. The summed E-state index contributed by atoms with van der Waals surface area (Å²) in [4.78, 5) is 28.4. The number of carbonyl (C=O) groups excluding carboxylic acids is 2. The molecule has 1 rings (SSSR count). The van der Waals surface area contributed by atoms with E-state index in [0.29, 0.717) is 5.13 Å². The van der Waals surface area contributed by atoms with E-state index in [4.69, 9.17) is 4.74 Å². The van der Waals surface area contributed by atoms with Crippen LogP contribution in [-0.4, -0.2) is 22.5 Å². The summed E-state index contributed by atoms with van der Waals surface area (Å²) in [6.45, 7) is 9.23. The molecule has 1 aromatic rings. The number of rotatable bonds is 4. The summed E-state index contributed by atoms with van der Waals surface area (Å²) in [6.07, 6.45) is 0.180. The van der Waals surface area contributed by atoms with E-state index in [1.807, 2.05) is 13.8 Å². The van der Waals surface area contributed by atoms with Crippen molar-refractivity contribution >= 4 is 28.3 Å². The van der Waals surface area contributed by atoms with Crippen LogP contribution in [0.25, 0.3) is 0 Å². The molecule has 0 atom stereocenters. The number of hydrogen-bond acceptors (Lipinski definition) is 5. The molecule has 106 valence electrons. The van der Waals surface area contributed by atoms with Crippen molar-refractivity contribution in [3.05, 3.63) is 10.6 Å². The van der Waals surface area contributed by atoms with Crippen molar-refractivity contribution in [2.45, 2.75) is 53.1 Å². The third kappa shape index (κ3) is 5.83. The Hall–Kier alpha value is -1.43. The molecule has 0 saturated carbocycles. The molecule has 1 heterocycles. The van der Waals surface area contributed by atoms with Gasteiger partial charge >= 0.3 is 5.97 Å². The molecule has 0 spiro atoms. The van der Waals surface area contributed by atoms with Crippen LogP contribution >= 0.6 is 11.3 Å². The van der Waals surface area contributed by atoms with Gasteiger partial charge in [0.2, 0.25) is 5.91 Å². The molecule has 0 aliphatic rings. The molecule has 1 amide bonds. The van der Waals surface area contributed by atoms with E-state index in [-0.39, 0.29) is 24.7 Å². The van der Waals surface area contributed by atoms with E-state index < -0.39 is 5.60 Å². The number of thiazole rings is 1. The molecule has 0 unspecified atom stereocenters. The van der Waals surface area contributed by atoms with Gasteiger partial charge in [0, 0.05) is 11.3 Å². The molecule has 1 N–H and O–H groups in total. The molecule has 1 aromatic heterocycles. The first-order valence-corrected chi connectivity index (χ1v) is 6.95. The monoisotopic (exact) mass is 284 g/mol. The summed E-state index contributed by atoms with van der Waals surface area (Å²) in [5, 5.41) is 3.26. The second kappa shape index (κ2) is 6.14. The lowest BCUT2D eigenvalue weighted by atomic mass is 10.2. The normalized spacial score (nSPS) is 11.2. The fourth-order valence-corrected chi connectivity index (χ4v) is 2.15. The van der Waals surface area contributed by atoms with Gasteiger partial charge in [0.25, 0.3) is 0 Å². The maximum atomic E-state index is 11.7. The topological polar surface area (TPSA) is 68.3 Å². The molecule has 5 nitrogen and oxygen atoms in total. The highest BCUT2D eigenvalue weighted by Gasteiger charge is 2.17. The molecule has 0 aromatic carbocycles. The van der Waals surface area contributed by atoms with Gasteiger partial charge < -0.3 is 10.1 Å². The Balaban J connectivity index is 2.38. The minimum atomic E-state index is -0.517. The summed E-state index contributed by atoms with van der Waals surface area (Å²) < 4.78 is 5.13. The first-order valence-electron chi connectivity index (χ1n) is 6.13. The van der Waals surface area contributed by atoms with Crippen molar-refractivity contribution in [2.75, 3.05) is 5.32 Å². The van der Waals surface area contributed by atoms with Gasteiger partial charge in [0.05, 0.1) is 12.1 Å². The highest BCUT2D eigenvalue weighted by molar-refractivity contribution is 7.15. The third-order valence-corrected chi connectivity index (χ3v) is 3.24. The average Bonchev–Trinajstić information content (AvgIpc) is 2.52. The van der Waals surface area contributed by atoms with Crippen molar-refractivity contribution in [2.24, 2.45) is 0 Å². The summed E-state index contributed by atoms with van der Waals surface area (Å²) in [6, 6.07) is 0. The van der Waals surface area contributed by atoms with Crippen LogP contribution < -0.4 is 5.32 Å². The fourth-order valence-electron chi connectivity index (χ4n) is 1.32. The quantitative estimate of drug-likeness (QED) is 0.863. The van der Waals surface area contributed by atoms with Gasteiger partial charge in [-0.15, -0.1) is 11.3 Å². The SMILES string of the molecule is Cc1nc(NC(=O)CCC(=O)OC(C)(C)C)sc1C. The number of carbonyl (C=O) groups is 2. The number of amides is 1. The number of aryl methyl sites for hydroxylation is 2. The third-order valence-electron chi connectivity index (χ3n) is 2.25. The smallest absolute Gasteiger partial charge is 0.306 e. The minimum Gasteiger partial charge on any atom is -0.460 e. The molecule has 0 aliphatic heterocycles. The first kappa shape index (κ1) is 15.6. The van der Waals surface area contributed by atoms with Crippen LogP contribution in [0.15, 0.2) is 0 Å². The Morgan fingerprint density at radius 3 is 2.37 bits per heavy atom. The average molecular weight is 284 g/mol. The molecule has 0 saturated heterocycles. The van der Waals surface area contributed by atoms with Crippen LogP contribution in [0.5, 0.6) is 0 Å². The Kier molecular flexibility index (Phi) is 5.05. The summed E-state index contributed by atoms with van der Waals surface area (Å²) in [5.74, 6) is -0.589. The van der Waals surface area contributed by atoms with Crippen LogP contribution in [0.1, 0.15) is 44.2 Å². The van der Waals surface area contributed by atoms with E-state index in [2.05, 4.69) is 10.3 Å². The zero-order valence-corrected chi connectivity index (χ0v) is 12.8. The van der Waals surface area contributed by atoms with Gasteiger partial charge in [-0.3, -0.25) is 9.59 Å². The Morgan fingerprint density at radius 1 is 1.26 bits per heavy atom. The Morgan fingerprint density at radius 2 is 1.89 bits per heavy atom. The number of esters is 1. The largest absolute Gasteiger partial charge is 0.460 e. The van der Waals surface area contributed by atoms with Gasteiger partial charge in [0.1, 0.15) is 5.60 Å². The minimum absolute atomic E-state index is 0.0758. The van der Waals surface area contributed by atoms with E-state index in [0.717, 1.165) is 10.6 Å². The zero-order valence-electron chi connectivity index (χ0n) is 12.0. The molecule has 0 radical (unpaired) electrons. The second-order valence-electron chi connectivity index (χ2n) is 5.30. The van der Waals surface area contributed by atoms with Gasteiger partial charge in [-0.1, -0.05) is 0 Å². The van der Waals surface area contributed by atoms with Crippen LogP contribution in [-0.2, 0) is 14.3 Å². The maximum Gasteiger partial charge on any atom is 0.306 e. The second-order valence-corrected chi connectivity index (χ2v) is 6.50. The van der Waals surface area contributed by atoms with Crippen LogP contribution in [0, 0.1) is 13.8 Å². The molecule has 0 bridgehead atoms. The number of nitrogens with one attached hydrogen (secondary N) is 1. The van der Waals surface area contributed by atoms with Crippen molar-refractivity contribution in [3.8, 4) is 0 Å². The number of nitrogens with zero attached hydrogens (tertiary/aromatic N) is 1. The van der Waals surface area contributed by atoms with E-state index in [9.17, 15) is 9.59 Å². The highest BCUT2D eigenvalue weighted by atomic mass is 32.1. The van der Waals surface area contributed by atoms with E-state index in [1.165, 1.54) is 11.3 Å². The lowest BCUT2D eigenvalue weighted by molar-refractivity contribution is -0.155. The standard InChI is InChI=1S/C13H20N2O3S/c1-8-9(2)19-12(14-8)15-10(16)6-7-11(17)18-13(3,4)5/h6-7H2,1-5H3,(H,14,15,16). The Labute approximate surface area is 117 Å². The molecular weight excluding hydrogens is 264 g/mol. The summed E-state index contributed by atoms with van der Waals surface area (Å²) >= 11 is 1.43. The number of aromatic nitrogens is 1. The zero-order chi connectivity index (χ0) is 14.6. The van der Waals surface area contributed by atoms with Crippen LogP contribution in [0.2, 0.25) is 0 Å². The highest BCUT2D eigenvalue weighted by Crippen LogP contribution is 2.21. The van der Waals surface area contributed by atoms with Crippen molar-refractivity contribution < 1.29 is 14.3 Å². The molecule has 0 fully saturated rings. The maximum absolute atomic E-state index is 11.7. The van der Waals surface area contributed by atoms with Crippen molar-refractivity contribution in [3.63, 3.8) is 0 Å². The predicted octanol–water partition coefficient (Wildman–Crippen LogP) is 2.82. The van der Waals surface area contributed by atoms with Gasteiger partial charge in [-0.25, -0.2) is 4.98 Å². The molecule has 19 heavy (non-hydrogen) atoms. The van der Waals surface area contributed by atoms with Crippen LogP contribution in [0.3, 0.4) is 0 Å². The van der Waals surface area contributed by atoms with Crippen molar-refractivity contribution in [1.29, 1.82) is 0 Å². The number of ether oxygens (including phenoxy) is 1. The number of anilines is 1. The van der Waals surface area contributed by atoms with Gasteiger partial charge in [-0.05, 0) is 34.6 Å². The number of hydrogen-bond donors (Lipinski definition) is 1. The lowest BCUT2D eigenvalue weighted by Gasteiger charge is -2.19. The van der Waals surface area contributed by atoms with Gasteiger partial charge in [-0.2, -0.15) is 0 Å². The van der Waals surface area contributed by atoms with E-state index >= 15 is 0 Å². The Bertz CT molecular complexity index is 455. The summed E-state index contributed by atoms with van der Waals surface area (Å²) in [7, 11) is 0. The van der Waals surface area contributed by atoms with Crippen molar-refractivity contribution in [1.82, 2.24) is 4.98 Å². The predicted molar refractivity (Wildman–Crippen MR) is 75.3 cm³/mol. The molecule has 6 heteroatoms. The fraction of sp³-hybridized carbons (Fsp3) is 0.615. The molecular formula is C13H20N2O3S. The molecule has 0 aliphatic carbocycles.